The van der Waals surface area contributed by atoms with Crippen LogP contribution in [0.15, 0.2) is 36.4 Å². The number of methoxy groups -OCH3 is 1. The number of nitrogens with one attached hydrogen (secondary N) is 2. The van der Waals surface area contributed by atoms with Crippen LogP contribution in [0.2, 0.25) is 5.02 Å². The van der Waals surface area contributed by atoms with Gasteiger partial charge in [0.25, 0.3) is 0 Å². The molecule has 122 valence electrons. The zero-order chi connectivity index (χ0) is 17.0. The summed E-state index contributed by atoms with van der Waals surface area (Å²) in [6.07, 6.45) is 0. The fourth-order valence-corrected chi connectivity index (χ4v) is 2.57. The van der Waals surface area contributed by atoms with Crippen LogP contribution in [0.1, 0.15) is 30.9 Å². The molecule has 3 nitrogen and oxygen atoms in total. The van der Waals surface area contributed by atoms with E-state index in [0.29, 0.717) is 21.8 Å². The molecule has 23 heavy (non-hydrogen) atoms. The van der Waals surface area contributed by atoms with E-state index in [1.54, 1.807) is 13.2 Å². The lowest BCUT2D eigenvalue weighted by Gasteiger charge is -2.15. The van der Waals surface area contributed by atoms with E-state index in [2.05, 4.69) is 36.6 Å². The van der Waals surface area contributed by atoms with Crippen LogP contribution in [0.5, 0.6) is 5.75 Å². The zero-order valence-electron chi connectivity index (χ0n) is 13.7. The zero-order valence-corrected chi connectivity index (χ0v) is 15.3. The van der Waals surface area contributed by atoms with Gasteiger partial charge in [-0.25, -0.2) is 0 Å². The number of hydrogen-bond acceptors (Lipinski definition) is 2. The van der Waals surface area contributed by atoms with Gasteiger partial charge in [-0.15, -0.1) is 0 Å². The second-order valence-electron chi connectivity index (χ2n) is 5.66. The summed E-state index contributed by atoms with van der Waals surface area (Å²) in [7, 11) is 1.61. The highest BCUT2D eigenvalue weighted by atomic mass is 35.5. The van der Waals surface area contributed by atoms with Gasteiger partial charge in [-0.05, 0) is 54.4 Å². The maximum absolute atomic E-state index is 6.12. The standard InChI is InChI=1S/C18H21ClN2OS/c1-11(2)13-6-5-7-14(9-13)20-18(23)21-16-8-12(3)15(19)10-17(16)22-4/h5-11H,1-4H3,(H2,20,21,23). The average Bonchev–Trinajstić information content (AvgIpc) is 2.50. The van der Waals surface area contributed by atoms with Gasteiger partial charge in [-0.3, -0.25) is 0 Å². The fraction of sp³-hybridized carbons (Fsp3) is 0.278. The first kappa shape index (κ1) is 17.6. The minimum atomic E-state index is 0.470. The maximum atomic E-state index is 6.12. The van der Waals surface area contributed by atoms with Gasteiger partial charge in [-0.2, -0.15) is 0 Å². The molecule has 0 unspecified atom stereocenters. The molecule has 0 aliphatic carbocycles. The van der Waals surface area contributed by atoms with Crippen LogP contribution in [0.3, 0.4) is 0 Å². The van der Waals surface area contributed by atoms with Crippen LogP contribution in [0.25, 0.3) is 0 Å². The van der Waals surface area contributed by atoms with E-state index in [9.17, 15) is 0 Å². The van der Waals surface area contributed by atoms with Gasteiger partial charge in [-0.1, -0.05) is 37.6 Å². The third-order valence-corrected chi connectivity index (χ3v) is 4.15. The van der Waals surface area contributed by atoms with E-state index in [0.717, 1.165) is 16.9 Å². The van der Waals surface area contributed by atoms with Crippen molar-refractivity contribution in [2.24, 2.45) is 0 Å². The van der Waals surface area contributed by atoms with Gasteiger partial charge in [0.05, 0.1) is 12.8 Å². The molecule has 0 aliphatic rings. The van der Waals surface area contributed by atoms with E-state index in [-0.39, 0.29) is 0 Å². The minimum Gasteiger partial charge on any atom is -0.495 e. The fourth-order valence-electron chi connectivity index (χ4n) is 2.19. The summed E-state index contributed by atoms with van der Waals surface area (Å²) in [6, 6.07) is 11.9. The Morgan fingerprint density at radius 1 is 1.17 bits per heavy atom. The minimum absolute atomic E-state index is 0.470. The molecule has 0 radical (unpaired) electrons. The molecule has 0 spiro atoms. The lowest BCUT2D eigenvalue weighted by molar-refractivity contribution is 0.417. The van der Waals surface area contributed by atoms with E-state index < -0.39 is 0 Å². The lowest BCUT2D eigenvalue weighted by Crippen LogP contribution is -2.19. The number of hydrogen-bond donors (Lipinski definition) is 2. The van der Waals surface area contributed by atoms with Gasteiger partial charge in [0.15, 0.2) is 5.11 Å². The number of anilines is 2. The number of rotatable bonds is 4. The number of ether oxygens (including phenoxy) is 1. The van der Waals surface area contributed by atoms with E-state index in [1.165, 1.54) is 5.56 Å². The summed E-state index contributed by atoms with van der Waals surface area (Å²) in [6.45, 7) is 6.27. The highest BCUT2D eigenvalue weighted by molar-refractivity contribution is 7.80. The Morgan fingerprint density at radius 3 is 2.57 bits per heavy atom. The summed E-state index contributed by atoms with van der Waals surface area (Å²) in [5.41, 5.74) is 3.96. The summed E-state index contributed by atoms with van der Waals surface area (Å²) in [5, 5.41) is 7.53. The second-order valence-corrected chi connectivity index (χ2v) is 6.48. The number of thiocarbonyl (C=S) groups is 1. The monoisotopic (exact) mass is 348 g/mol. The molecular weight excluding hydrogens is 328 g/mol. The quantitative estimate of drug-likeness (QED) is 0.706. The van der Waals surface area contributed by atoms with Crippen LogP contribution in [-0.4, -0.2) is 12.2 Å². The highest BCUT2D eigenvalue weighted by Crippen LogP contribution is 2.31. The lowest BCUT2D eigenvalue weighted by atomic mass is 10.0. The molecular formula is C18H21ClN2OS. The molecule has 2 aromatic rings. The van der Waals surface area contributed by atoms with Crippen LogP contribution in [0, 0.1) is 6.92 Å². The predicted octanol–water partition coefficient (Wildman–Crippen LogP) is 5.59. The van der Waals surface area contributed by atoms with Gasteiger partial charge in [0, 0.05) is 16.8 Å². The van der Waals surface area contributed by atoms with Crippen molar-refractivity contribution in [1.29, 1.82) is 0 Å². The third kappa shape index (κ3) is 4.60. The first-order valence-electron chi connectivity index (χ1n) is 7.42. The Hall–Kier alpha value is -1.78. The first-order chi connectivity index (χ1) is 10.9. The van der Waals surface area contributed by atoms with Crippen molar-refractivity contribution in [2.75, 3.05) is 17.7 Å². The summed E-state index contributed by atoms with van der Waals surface area (Å²) in [5.74, 6) is 1.12. The van der Waals surface area contributed by atoms with Crippen LogP contribution in [-0.2, 0) is 0 Å². The van der Waals surface area contributed by atoms with Crippen LogP contribution >= 0.6 is 23.8 Å². The van der Waals surface area contributed by atoms with Crippen molar-refractivity contribution in [2.45, 2.75) is 26.7 Å². The predicted molar refractivity (Wildman–Crippen MR) is 103 cm³/mol. The Kier molecular flexibility index (Phi) is 5.85. The van der Waals surface area contributed by atoms with Gasteiger partial charge in [0.2, 0.25) is 0 Å². The summed E-state index contributed by atoms with van der Waals surface area (Å²) >= 11 is 11.5. The molecule has 0 fully saturated rings. The van der Waals surface area contributed by atoms with E-state index >= 15 is 0 Å². The van der Waals surface area contributed by atoms with Gasteiger partial charge in [0.1, 0.15) is 5.75 Å². The smallest absolute Gasteiger partial charge is 0.175 e. The van der Waals surface area contributed by atoms with Crippen molar-refractivity contribution in [3.63, 3.8) is 0 Å². The van der Waals surface area contributed by atoms with Gasteiger partial charge < -0.3 is 15.4 Å². The Balaban J connectivity index is 2.14. The molecule has 0 amide bonds. The van der Waals surface area contributed by atoms with Crippen molar-refractivity contribution in [1.82, 2.24) is 0 Å². The SMILES string of the molecule is COc1cc(Cl)c(C)cc1NC(=S)Nc1cccc(C(C)C)c1. The number of halogens is 1. The van der Waals surface area contributed by atoms with Crippen molar-refractivity contribution >= 4 is 40.3 Å². The molecule has 2 N–H and O–H groups in total. The first-order valence-corrected chi connectivity index (χ1v) is 8.21. The van der Waals surface area contributed by atoms with E-state index in [1.807, 2.05) is 25.1 Å². The molecule has 0 heterocycles. The Labute approximate surface area is 148 Å². The van der Waals surface area contributed by atoms with Crippen molar-refractivity contribution < 1.29 is 4.74 Å². The van der Waals surface area contributed by atoms with Crippen molar-refractivity contribution in [3.8, 4) is 5.75 Å². The second kappa shape index (κ2) is 7.66. The largest absolute Gasteiger partial charge is 0.495 e. The van der Waals surface area contributed by atoms with E-state index in [4.69, 9.17) is 28.6 Å². The molecule has 0 saturated heterocycles. The Bertz CT molecular complexity index is 716. The highest BCUT2D eigenvalue weighted by Gasteiger charge is 2.09. The summed E-state index contributed by atoms with van der Waals surface area (Å²) in [4.78, 5) is 0. The van der Waals surface area contributed by atoms with Crippen LogP contribution < -0.4 is 15.4 Å². The molecule has 0 bridgehead atoms. The third-order valence-electron chi connectivity index (χ3n) is 3.54. The molecule has 0 atom stereocenters. The molecule has 0 saturated carbocycles. The van der Waals surface area contributed by atoms with Crippen LogP contribution in [0.4, 0.5) is 11.4 Å². The normalized spacial score (nSPS) is 10.5. The number of benzene rings is 2. The molecule has 2 rings (SSSR count). The topological polar surface area (TPSA) is 33.3 Å². The Morgan fingerprint density at radius 2 is 1.91 bits per heavy atom. The van der Waals surface area contributed by atoms with Crippen molar-refractivity contribution in [3.05, 3.63) is 52.5 Å². The maximum Gasteiger partial charge on any atom is 0.175 e. The summed E-state index contributed by atoms with van der Waals surface area (Å²) < 4.78 is 5.35. The molecule has 0 aliphatic heterocycles. The molecule has 0 aromatic heterocycles. The molecule has 2 aromatic carbocycles. The average molecular weight is 349 g/mol. The van der Waals surface area contributed by atoms with Gasteiger partial charge >= 0.3 is 0 Å². The molecule has 5 heteroatoms. The number of aryl methyl sites for hydroxylation is 1.